The van der Waals surface area contributed by atoms with Crippen LogP contribution in [0.5, 0.6) is 0 Å². The first-order valence-electron chi connectivity index (χ1n) is 8.42. The molecule has 1 heterocycles. The van der Waals surface area contributed by atoms with Gasteiger partial charge in [0.15, 0.2) is 5.82 Å². The van der Waals surface area contributed by atoms with Crippen LogP contribution in [0, 0.1) is 5.92 Å². The van der Waals surface area contributed by atoms with Crippen LogP contribution in [0.15, 0.2) is 41.3 Å². The Hall–Kier alpha value is -2.52. The summed E-state index contributed by atoms with van der Waals surface area (Å²) >= 11 is 0. The molecule has 4 N–H and O–H groups in total. The predicted molar refractivity (Wildman–Crippen MR) is 98.0 cm³/mol. The van der Waals surface area contributed by atoms with Crippen LogP contribution in [-0.4, -0.2) is 31.1 Å². The zero-order valence-corrected chi connectivity index (χ0v) is 15.0. The minimum atomic E-state index is -3.66. The monoisotopic (exact) mass is 375 g/mol. The molecule has 1 aromatic carbocycles. The molecular formula is C17H21N5O3S. The van der Waals surface area contributed by atoms with E-state index < -0.39 is 10.0 Å². The molecule has 0 bridgehead atoms. The summed E-state index contributed by atoms with van der Waals surface area (Å²) in [6, 6.07) is 9.91. The van der Waals surface area contributed by atoms with Gasteiger partial charge in [-0.25, -0.2) is 13.6 Å². The number of nitrogens with one attached hydrogen (secondary N) is 2. The molecule has 0 unspecified atom stereocenters. The summed E-state index contributed by atoms with van der Waals surface area (Å²) in [5, 5.41) is 19.0. The molecule has 3 rings (SSSR count). The van der Waals surface area contributed by atoms with Crippen LogP contribution in [0.25, 0.3) is 0 Å². The Morgan fingerprint density at radius 1 is 1.08 bits per heavy atom. The van der Waals surface area contributed by atoms with Crippen LogP contribution in [-0.2, 0) is 21.2 Å². The Morgan fingerprint density at radius 2 is 1.73 bits per heavy atom. The van der Waals surface area contributed by atoms with Gasteiger partial charge in [0.2, 0.25) is 15.9 Å². The van der Waals surface area contributed by atoms with E-state index >= 15 is 0 Å². The number of benzene rings is 1. The normalized spacial score (nSPS) is 14.5. The maximum atomic E-state index is 11.9. The second-order valence-corrected chi connectivity index (χ2v) is 7.85. The number of hydrogen-bond acceptors (Lipinski definition) is 6. The van der Waals surface area contributed by atoms with Gasteiger partial charge in [0.25, 0.3) is 0 Å². The van der Waals surface area contributed by atoms with Gasteiger partial charge in [-0.2, -0.15) is 0 Å². The number of carbonyl (C=O) groups is 1. The van der Waals surface area contributed by atoms with Crippen LogP contribution >= 0.6 is 0 Å². The molecule has 138 valence electrons. The molecule has 9 heteroatoms. The SMILES string of the molecule is NS(=O)(=O)c1ccc(CCNc2ccc(NC(=O)C3CCC3)nn2)cc1. The van der Waals surface area contributed by atoms with Gasteiger partial charge in [-0.05, 0) is 49.1 Å². The second-order valence-electron chi connectivity index (χ2n) is 6.29. The summed E-state index contributed by atoms with van der Waals surface area (Å²) in [4.78, 5) is 12.0. The van der Waals surface area contributed by atoms with Crippen molar-refractivity contribution in [1.82, 2.24) is 10.2 Å². The van der Waals surface area contributed by atoms with Crippen molar-refractivity contribution in [2.45, 2.75) is 30.6 Å². The average Bonchev–Trinajstić information content (AvgIpc) is 2.54. The first-order valence-corrected chi connectivity index (χ1v) is 9.97. The number of amides is 1. The van der Waals surface area contributed by atoms with Gasteiger partial charge in [0, 0.05) is 12.5 Å². The number of anilines is 2. The third-order valence-electron chi connectivity index (χ3n) is 4.36. The summed E-state index contributed by atoms with van der Waals surface area (Å²) in [5.74, 6) is 1.17. The van der Waals surface area contributed by atoms with E-state index in [0.29, 0.717) is 24.6 Å². The zero-order chi connectivity index (χ0) is 18.6. The number of aromatic nitrogens is 2. The van der Waals surface area contributed by atoms with Crippen molar-refractivity contribution in [2.75, 3.05) is 17.2 Å². The Labute approximate surface area is 152 Å². The minimum absolute atomic E-state index is 0.00852. The molecule has 0 radical (unpaired) electrons. The maximum Gasteiger partial charge on any atom is 0.238 e. The van der Waals surface area contributed by atoms with E-state index in [1.54, 1.807) is 24.3 Å². The van der Waals surface area contributed by atoms with Gasteiger partial charge in [-0.1, -0.05) is 18.6 Å². The van der Waals surface area contributed by atoms with Crippen molar-refractivity contribution in [2.24, 2.45) is 11.1 Å². The molecule has 0 saturated heterocycles. The Kier molecular flexibility index (Phi) is 5.48. The fourth-order valence-corrected chi connectivity index (χ4v) is 3.09. The number of sulfonamides is 1. The molecule has 1 aromatic heterocycles. The molecule has 1 amide bonds. The number of nitrogens with zero attached hydrogens (tertiary/aromatic N) is 2. The molecule has 2 aromatic rings. The highest BCUT2D eigenvalue weighted by Gasteiger charge is 2.25. The Balaban J connectivity index is 1.46. The highest BCUT2D eigenvalue weighted by molar-refractivity contribution is 7.89. The molecule has 0 spiro atoms. The Morgan fingerprint density at radius 3 is 2.27 bits per heavy atom. The van der Waals surface area contributed by atoms with Crippen LogP contribution in [0.1, 0.15) is 24.8 Å². The Bertz CT molecular complexity index is 862. The molecule has 0 aliphatic heterocycles. The van der Waals surface area contributed by atoms with E-state index in [1.165, 1.54) is 12.1 Å². The van der Waals surface area contributed by atoms with E-state index in [9.17, 15) is 13.2 Å². The van der Waals surface area contributed by atoms with Gasteiger partial charge >= 0.3 is 0 Å². The summed E-state index contributed by atoms with van der Waals surface area (Å²) in [7, 11) is -3.66. The van der Waals surface area contributed by atoms with Crippen molar-refractivity contribution in [3.05, 3.63) is 42.0 Å². The highest BCUT2D eigenvalue weighted by atomic mass is 32.2. The fourth-order valence-electron chi connectivity index (χ4n) is 2.57. The standard InChI is InChI=1S/C17H21N5O3S/c18-26(24,25)14-6-4-12(5-7-14)10-11-19-15-8-9-16(22-21-15)20-17(23)13-2-1-3-13/h4-9,13H,1-3,10-11H2,(H,19,21)(H2,18,24,25)(H,20,22,23). The first-order chi connectivity index (χ1) is 12.4. The van der Waals surface area contributed by atoms with Crippen molar-refractivity contribution in [3.63, 3.8) is 0 Å². The van der Waals surface area contributed by atoms with Crippen molar-refractivity contribution in [1.29, 1.82) is 0 Å². The van der Waals surface area contributed by atoms with E-state index in [4.69, 9.17) is 5.14 Å². The first kappa shape index (κ1) is 18.3. The third kappa shape index (κ3) is 4.77. The number of primary sulfonamides is 1. The summed E-state index contributed by atoms with van der Waals surface area (Å²) in [5.41, 5.74) is 0.974. The number of hydrogen-bond donors (Lipinski definition) is 3. The largest absolute Gasteiger partial charge is 0.368 e. The number of nitrogens with two attached hydrogens (primary N) is 1. The zero-order valence-electron chi connectivity index (χ0n) is 14.2. The van der Waals surface area contributed by atoms with E-state index in [-0.39, 0.29) is 16.7 Å². The quantitative estimate of drug-likeness (QED) is 0.673. The van der Waals surface area contributed by atoms with Crippen molar-refractivity contribution in [3.8, 4) is 0 Å². The maximum absolute atomic E-state index is 11.9. The van der Waals surface area contributed by atoms with Crippen LogP contribution in [0.2, 0.25) is 0 Å². The lowest BCUT2D eigenvalue weighted by Crippen LogP contribution is -2.28. The van der Waals surface area contributed by atoms with Crippen LogP contribution in [0.3, 0.4) is 0 Å². The molecule has 1 fully saturated rings. The summed E-state index contributed by atoms with van der Waals surface area (Å²) in [6.45, 7) is 0.608. The lowest BCUT2D eigenvalue weighted by Gasteiger charge is -2.23. The van der Waals surface area contributed by atoms with E-state index in [1.807, 2.05) is 0 Å². The number of carbonyl (C=O) groups excluding carboxylic acids is 1. The number of rotatable bonds is 7. The summed E-state index contributed by atoms with van der Waals surface area (Å²) in [6.07, 6.45) is 3.68. The van der Waals surface area contributed by atoms with Gasteiger partial charge < -0.3 is 10.6 Å². The average molecular weight is 375 g/mol. The molecule has 26 heavy (non-hydrogen) atoms. The third-order valence-corrected chi connectivity index (χ3v) is 5.29. The van der Waals surface area contributed by atoms with Crippen molar-refractivity contribution >= 4 is 27.6 Å². The highest BCUT2D eigenvalue weighted by Crippen LogP contribution is 2.27. The topological polar surface area (TPSA) is 127 Å². The van der Waals surface area contributed by atoms with Crippen LogP contribution < -0.4 is 15.8 Å². The molecule has 1 aliphatic carbocycles. The second kappa shape index (κ2) is 7.79. The molecule has 1 aliphatic rings. The molecule has 0 atom stereocenters. The fraction of sp³-hybridized carbons (Fsp3) is 0.353. The molecular weight excluding hydrogens is 354 g/mol. The summed E-state index contributed by atoms with van der Waals surface area (Å²) < 4.78 is 22.4. The predicted octanol–water partition coefficient (Wildman–Crippen LogP) is 1.52. The van der Waals surface area contributed by atoms with Crippen LogP contribution in [0.4, 0.5) is 11.6 Å². The van der Waals surface area contributed by atoms with E-state index in [0.717, 1.165) is 24.8 Å². The molecule has 1 saturated carbocycles. The lowest BCUT2D eigenvalue weighted by atomic mass is 9.85. The van der Waals surface area contributed by atoms with Crippen molar-refractivity contribution < 1.29 is 13.2 Å². The van der Waals surface area contributed by atoms with Gasteiger partial charge in [-0.3, -0.25) is 4.79 Å². The van der Waals surface area contributed by atoms with E-state index in [2.05, 4.69) is 20.8 Å². The van der Waals surface area contributed by atoms with Gasteiger partial charge in [-0.15, -0.1) is 10.2 Å². The van der Waals surface area contributed by atoms with Gasteiger partial charge in [0.1, 0.15) is 5.82 Å². The van der Waals surface area contributed by atoms with Gasteiger partial charge in [0.05, 0.1) is 4.90 Å². The minimum Gasteiger partial charge on any atom is -0.368 e. The lowest BCUT2D eigenvalue weighted by molar-refractivity contribution is -0.122. The molecule has 8 nitrogen and oxygen atoms in total. The smallest absolute Gasteiger partial charge is 0.238 e.